The Hall–Kier alpha value is -2.80. The second kappa shape index (κ2) is 7.44. The van der Waals surface area contributed by atoms with Crippen molar-refractivity contribution in [1.82, 2.24) is 4.98 Å². The van der Waals surface area contributed by atoms with E-state index < -0.39 is 0 Å². The third kappa shape index (κ3) is 3.30. The molecule has 1 heterocycles. The first-order valence-corrected chi connectivity index (χ1v) is 8.73. The van der Waals surface area contributed by atoms with Crippen molar-refractivity contribution >= 4 is 21.5 Å². The molecular weight excluding hydrogens is 506 g/mol. The van der Waals surface area contributed by atoms with Crippen molar-refractivity contribution in [3.8, 4) is 22.4 Å². The summed E-state index contributed by atoms with van der Waals surface area (Å²) in [5.41, 5.74) is 4.35. The molecule has 0 spiro atoms. The number of aromatic nitrogens is 1. The molecule has 4 aromatic carbocycles. The van der Waals surface area contributed by atoms with Crippen LogP contribution in [0, 0.1) is 6.07 Å². The molecule has 0 aliphatic heterocycles. The predicted octanol–water partition coefficient (Wildman–Crippen LogP) is 6.52. The van der Waals surface area contributed by atoms with Crippen LogP contribution < -0.4 is 0 Å². The average molecular weight is 523 g/mol. The van der Waals surface area contributed by atoms with E-state index in [1.165, 1.54) is 27.3 Å². The second-order valence-electron chi connectivity index (χ2n) is 6.43. The van der Waals surface area contributed by atoms with Crippen molar-refractivity contribution in [2.24, 2.45) is 0 Å². The minimum atomic E-state index is 0. The Morgan fingerprint density at radius 2 is 1.41 bits per heavy atom. The summed E-state index contributed by atoms with van der Waals surface area (Å²) in [4.78, 5) is 4.69. The smallest absolute Gasteiger partial charge is 0.0239 e. The summed E-state index contributed by atoms with van der Waals surface area (Å²) >= 11 is 0. The summed E-state index contributed by atoms with van der Waals surface area (Å²) < 4.78 is 0. The van der Waals surface area contributed by atoms with Crippen LogP contribution in [0.3, 0.4) is 0 Å². The van der Waals surface area contributed by atoms with Gasteiger partial charge in [-0.05, 0) is 32.8 Å². The summed E-state index contributed by atoms with van der Waals surface area (Å²) in [5.74, 6) is 0. The van der Waals surface area contributed by atoms with Gasteiger partial charge in [0.1, 0.15) is 0 Å². The first-order chi connectivity index (χ1) is 12.9. The van der Waals surface area contributed by atoms with E-state index in [0.717, 1.165) is 16.6 Å². The van der Waals surface area contributed by atoms with Crippen LogP contribution >= 0.6 is 0 Å². The quantitative estimate of drug-likeness (QED) is 0.190. The number of fused-ring (bicyclic) bond motifs is 3. The van der Waals surface area contributed by atoms with Crippen molar-refractivity contribution in [2.75, 3.05) is 0 Å². The van der Waals surface area contributed by atoms with E-state index in [-0.39, 0.29) is 20.1 Å². The average Bonchev–Trinajstić information content (AvgIpc) is 2.74. The van der Waals surface area contributed by atoms with Crippen LogP contribution in [0.2, 0.25) is 0 Å². The summed E-state index contributed by atoms with van der Waals surface area (Å²) in [6.45, 7) is 0. The van der Waals surface area contributed by atoms with Gasteiger partial charge in [-0.3, -0.25) is 0 Å². The monoisotopic (exact) mass is 523 g/mol. The molecule has 0 saturated carbocycles. The predicted molar refractivity (Wildman–Crippen MR) is 109 cm³/mol. The molecule has 131 valence electrons. The summed E-state index contributed by atoms with van der Waals surface area (Å²) in [6, 6.07) is 34.9. The van der Waals surface area contributed by atoms with Crippen LogP contribution in [0.15, 0.2) is 97.2 Å². The summed E-state index contributed by atoms with van der Waals surface area (Å²) in [5, 5.41) is 4.89. The molecule has 0 fully saturated rings. The SMILES string of the molecule is [Ir].[c-]1ccc(-c2ccccc2)cc1-c1cc2c(ccc3ccccc32)cn1. The van der Waals surface area contributed by atoms with Gasteiger partial charge >= 0.3 is 0 Å². The van der Waals surface area contributed by atoms with Crippen molar-refractivity contribution in [3.05, 3.63) is 103 Å². The zero-order chi connectivity index (χ0) is 17.3. The molecule has 2 heteroatoms. The fourth-order valence-corrected chi connectivity index (χ4v) is 3.47. The van der Waals surface area contributed by atoms with Gasteiger partial charge in [-0.1, -0.05) is 72.8 Å². The fraction of sp³-hybridized carbons (Fsp3) is 0. The maximum Gasteiger partial charge on any atom is 0.0239 e. The Kier molecular flexibility index (Phi) is 4.85. The third-order valence-corrected chi connectivity index (χ3v) is 4.81. The zero-order valence-electron chi connectivity index (χ0n) is 14.5. The first-order valence-electron chi connectivity index (χ1n) is 8.73. The van der Waals surface area contributed by atoms with Crippen molar-refractivity contribution in [2.45, 2.75) is 0 Å². The van der Waals surface area contributed by atoms with Gasteiger partial charge < -0.3 is 4.98 Å². The van der Waals surface area contributed by atoms with Crippen LogP contribution in [0.1, 0.15) is 0 Å². The van der Waals surface area contributed by atoms with E-state index >= 15 is 0 Å². The van der Waals surface area contributed by atoms with E-state index in [1.54, 1.807) is 0 Å². The maximum absolute atomic E-state index is 4.69. The van der Waals surface area contributed by atoms with Gasteiger partial charge in [-0.2, -0.15) is 0 Å². The Bertz CT molecular complexity index is 1230. The Morgan fingerprint density at radius 3 is 2.30 bits per heavy atom. The standard InChI is InChI=1S/C25H16N.Ir/c1-2-7-18(8-3-1)20-10-6-11-21(15-20)25-16-24-22(17-26-25)14-13-19-9-4-5-12-23(19)24;/h1-10,12-17H;/q-1;. The van der Waals surface area contributed by atoms with Crippen molar-refractivity contribution in [1.29, 1.82) is 0 Å². The molecule has 0 aliphatic carbocycles. The van der Waals surface area contributed by atoms with Crippen LogP contribution in [0.25, 0.3) is 43.9 Å². The molecule has 0 saturated heterocycles. The Morgan fingerprint density at radius 1 is 0.630 bits per heavy atom. The molecular formula is C25H16IrN-. The molecule has 0 bridgehead atoms. The molecule has 5 aromatic rings. The van der Waals surface area contributed by atoms with Gasteiger partial charge in [-0.15, -0.1) is 35.4 Å². The summed E-state index contributed by atoms with van der Waals surface area (Å²) in [7, 11) is 0. The van der Waals surface area contributed by atoms with Crippen LogP contribution in [0.4, 0.5) is 0 Å². The van der Waals surface area contributed by atoms with Crippen LogP contribution in [-0.2, 0) is 20.1 Å². The third-order valence-electron chi connectivity index (χ3n) is 4.81. The number of hydrogen-bond acceptors (Lipinski definition) is 1. The molecule has 0 N–H and O–H groups in total. The van der Waals surface area contributed by atoms with Crippen molar-refractivity contribution in [3.63, 3.8) is 0 Å². The first kappa shape index (κ1) is 17.6. The number of benzene rings is 4. The minimum absolute atomic E-state index is 0. The van der Waals surface area contributed by atoms with Gasteiger partial charge in [0.05, 0.1) is 0 Å². The van der Waals surface area contributed by atoms with Crippen LogP contribution in [-0.4, -0.2) is 4.98 Å². The molecule has 1 aromatic heterocycles. The van der Waals surface area contributed by atoms with E-state index in [1.807, 2.05) is 18.3 Å². The molecule has 0 aliphatic rings. The molecule has 5 rings (SSSR count). The fourth-order valence-electron chi connectivity index (χ4n) is 3.47. The molecule has 27 heavy (non-hydrogen) atoms. The molecule has 1 nitrogen and oxygen atoms in total. The Balaban J connectivity index is 0.00000180. The van der Waals surface area contributed by atoms with Crippen LogP contribution in [0.5, 0.6) is 0 Å². The van der Waals surface area contributed by atoms with Gasteiger partial charge in [0.2, 0.25) is 0 Å². The molecule has 0 unspecified atom stereocenters. The zero-order valence-corrected chi connectivity index (χ0v) is 16.9. The van der Waals surface area contributed by atoms with Gasteiger partial charge in [0.25, 0.3) is 0 Å². The number of nitrogens with zero attached hydrogens (tertiary/aromatic N) is 1. The normalized spacial score (nSPS) is 10.7. The van der Waals surface area contributed by atoms with Gasteiger partial charge in [0.15, 0.2) is 0 Å². The molecule has 0 amide bonds. The molecule has 1 radical (unpaired) electrons. The number of hydrogen-bond donors (Lipinski definition) is 0. The topological polar surface area (TPSA) is 12.9 Å². The Labute approximate surface area is 172 Å². The van der Waals surface area contributed by atoms with Gasteiger partial charge in [0, 0.05) is 26.3 Å². The van der Waals surface area contributed by atoms with Crippen molar-refractivity contribution < 1.29 is 20.1 Å². The number of pyridine rings is 1. The maximum atomic E-state index is 4.69. The molecule has 0 atom stereocenters. The second-order valence-corrected chi connectivity index (χ2v) is 6.43. The van der Waals surface area contributed by atoms with E-state index in [2.05, 4.69) is 89.9 Å². The minimum Gasteiger partial charge on any atom is -0.304 e. The largest absolute Gasteiger partial charge is 0.304 e. The van der Waals surface area contributed by atoms with Gasteiger partial charge in [-0.25, -0.2) is 0 Å². The van der Waals surface area contributed by atoms with E-state index in [9.17, 15) is 0 Å². The summed E-state index contributed by atoms with van der Waals surface area (Å²) in [6.07, 6.45) is 1.96. The van der Waals surface area contributed by atoms with E-state index in [4.69, 9.17) is 0 Å². The number of rotatable bonds is 2. The van der Waals surface area contributed by atoms with E-state index in [0.29, 0.717) is 0 Å².